The Labute approximate surface area is 67.4 Å². The third-order valence-electron chi connectivity index (χ3n) is 4.49. The highest BCUT2D eigenvalue weighted by Gasteiger charge is 2.65. The molecule has 3 saturated heterocycles. The molecule has 0 radical (unpaired) electrons. The largest absolute Gasteiger partial charge is 0.392 e. The van der Waals surface area contributed by atoms with Crippen LogP contribution in [0.25, 0.3) is 0 Å². The van der Waals surface area contributed by atoms with E-state index in [1.807, 2.05) is 0 Å². The van der Waals surface area contributed by atoms with Gasteiger partial charge >= 0.3 is 0 Å². The van der Waals surface area contributed by atoms with Crippen LogP contribution in [0.15, 0.2) is 0 Å². The zero-order chi connectivity index (χ0) is 7.64. The molecule has 62 valence electrons. The molecule has 0 aliphatic carbocycles. The second-order valence-electron chi connectivity index (χ2n) is 4.79. The van der Waals surface area contributed by atoms with Crippen molar-refractivity contribution in [2.75, 3.05) is 13.6 Å². The number of aliphatic hydroxyl groups excluding tert-OH is 1. The summed E-state index contributed by atoms with van der Waals surface area (Å²) in [5.41, 5.74) is 0. The minimum Gasteiger partial charge on any atom is -0.392 e. The van der Waals surface area contributed by atoms with Gasteiger partial charge in [0.15, 0.2) is 0 Å². The molecule has 0 aromatic heterocycles. The number of aliphatic hydroxyl groups is 1. The van der Waals surface area contributed by atoms with Gasteiger partial charge in [-0.3, -0.25) is 0 Å². The average molecular weight is 154 g/mol. The highest BCUT2D eigenvalue weighted by molar-refractivity contribution is 4.98. The molecule has 2 bridgehead atoms. The Morgan fingerprint density at radius 1 is 1.36 bits per heavy atom. The van der Waals surface area contributed by atoms with Gasteiger partial charge in [0.25, 0.3) is 0 Å². The highest BCUT2D eigenvalue weighted by atomic mass is 16.3. The summed E-state index contributed by atoms with van der Waals surface area (Å²) in [7, 11) is 2.38. The Morgan fingerprint density at radius 2 is 2.18 bits per heavy atom. The van der Waals surface area contributed by atoms with Crippen LogP contribution in [0.2, 0.25) is 0 Å². The van der Waals surface area contributed by atoms with E-state index in [1.165, 1.54) is 23.9 Å². The van der Waals surface area contributed by atoms with Gasteiger partial charge in [0.2, 0.25) is 0 Å². The smallest absolute Gasteiger partial charge is 0.100 e. The SMILES string of the molecule is C[N+]12C[C@@H]3[C@@H](O)C[C@H]1CC[C@@H]32. The molecule has 3 rings (SSSR count). The number of hydrogen-bond donors (Lipinski definition) is 1. The topological polar surface area (TPSA) is 20.2 Å². The molecular formula is C9H16NO+. The predicted molar refractivity (Wildman–Crippen MR) is 42.0 cm³/mol. The number of nitrogens with zero attached hydrogens (tertiary/aromatic N) is 1. The zero-order valence-electron chi connectivity index (χ0n) is 7.03. The molecule has 0 amide bonds. The molecule has 0 saturated carbocycles. The molecule has 0 aromatic carbocycles. The van der Waals surface area contributed by atoms with Crippen molar-refractivity contribution in [1.82, 2.24) is 0 Å². The Morgan fingerprint density at radius 3 is 2.91 bits per heavy atom. The minimum absolute atomic E-state index is 0.0486. The highest BCUT2D eigenvalue weighted by Crippen LogP contribution is 2.52. The van der Waals surface area contributed by atoms with Gasteiger partial charge in [-0.1, -0.05) is 0 Å². The van der Waals surface area contributed by atoms with Gasteiger partial charge in [0.05, 0.1) is 31.7 Å². The lowest BCUT2D eigenvalue weighted by Crippen LogP contribution is -2.75. The Kier molecular flexibility index (Phi) is 0.961. The fourth-order valence-corrected chi connectivity index (χ4v) is 3.79. The van der Waals surface area contributed by atoms with Gasteiger partial charge < -0.3 is 9.59 Å². The monoisotopic (exact) mass is 154 g/mol. The van der Waals surface area contributed by atoms with Crippen LogP contribution in [0.5, 0.6) is 0 Å². The third kappa shape index (κ3) is 0.541. The van der Waals surface area contributed by atoms with Crippen molar-refractivity contribution in [1.29, 1.82) is 0 Å². The number of piperidine rings is 2. The Balaban J connectivity index is 1.99. The lowest BCUT2D eigenvalue weighted by Gasteiger charge is -2.59. The van der Waals surface area contributed by atoms with E-state index in [4.69, 9.17) is 0 Å². The van der Waals surface area contributed by atoms with Crippen molar-refractivity contribution in [2.45, 2.75) is 37.5 Å². The van der Waals surface area contributed by atoms with E-state index in [2.05, 4.69) is 7.05 Å². The first-order chi connectivity index (χ1) is 5.22. The van der Waals surface area contributed by atoms with Gasteiger partial charge in [0.1, 0.15) is 6.04 Å². The van der Waals surface area contributed by atoms with E-state index in [-0.39, 0.29) is 6.10 Å². The molecule has 1 N–H and O–H groups in total. The van der Waals surface area contributed by atoms with Crippen molar-refractivity contribution in [2.24, 2.45) is 5.92 Å². The first-order valence-corrected chi connectivity index (χ1v) is 4.75. The van der Waals surface area contributed by atoms with Gasteiger partial charge in [-0.2, -0.15) is 0 Å². The van der Waals surface area contributed by atoms with Crippen LogP contribution in [0.3, 0.4) is 0 Å². The quantitative estimate of drug-likeness (QED) is 0.499. The van der Waals surface area contributed by atoms with Crippen LogP contribution in [0, 0.1) is 5.92 Å². The molecule has 11 heavy (non-hydrogen) atoms. The lowest BCUT2D eigenvalue weighted by molar-refractivity contribution is -1.00. The molecule has 0 aromatic rings. The third-order valence-corrected chi connectivity index (χ3v) is 4.49. The van der Waals surface area contributed by atoms with E-state index < -0.39 is 0 Å². The summed E-state index contributed by atoms with van der Waals surface area (Å²) in [5.74, 6) is 0.666. The number of fused-ring (bicyclic) bond motifs is 2. The van der Waals surface area contributed by atoms with E-state index >= 15 is 0 Å². The average Bonchev–Trinajstić information content (AvgIpc) is 2.14. The summed E-state index contributed by atoms with van der Waals surface area (Å²) in [6.07, 6.45) is 3.88. The molecule has 3 aliphatic heterocycles. The van der Waals surface area contributed by atoms with Gasteiger partial charge in [0, 0.05) is 19.3 Å². The Hall–Kier alpha value is -0.0800. The van der Waals surface area contributed by atoms with Crippen LogP contribution in [0.1, 0.15) is 19.3 Å². The molecule has 1 unspecified atom stereocenters. The van der Waals surface area contributed by atoms with Gasteiger partial charge in [-0.05, 0) is 0 Å². The molecule has 0 spiro atoms. The maximum Gasteiger partial charge on any atom is 0.100 e. The second kappa shape index (κ2) is 1.64. The summed E-state index contributed by atoms with van der Waals surface area (Å²) in [6.45, 7) is 1.26. The van der Waals surface area contributed by atoms with E-state index in [1.54, 1.807) is 0 Å². The normalized spacial score (nSPS) is 66.0. The molecular weight excluding hydrogens is 138 g/mol. The summed E-state index contributed by atoms with van der Waals surface area (Å²) < 4.78 is 1.31. The molecule has 3 fully saturated rings. The molecule has 5 atom stereocenters. The predicted octanol–water partition coefficient (Wildman–Crippen LogP) is 0.358. The molecule has 3 heterocycles. The molecule has 2 heteroatoms. The van der Waals surface area contributed by atoms with Crippen molar-refractivity contribution >= 4 is 0 Å². The van der Waals surface area contributed by atoms with E-state index in [0.717, 1.165) is 18.5 Å². The van der Waals surface area contributed by atoms with Gasteiger partial charge in [-0.25, -0.2) is 0 Å². The van der Waals surface area contributed by atoms with Crippen molar-refractivity contribution < 1.29 is 9.59 Å². The summed E-state index contributed by atoms with van der Waals surface area (Å²) >= 11 is 0. The van der Waals surface area contributed by atoms with Crippen molar-refractivity contribution in [3.8, 4) is 0 Å². The van der Waals surface area contributed by atoms with Crippen LogP contribution >= 0.6 is 0 Å². The zero-order valence-corrected chi connectivity index (χ0v) is 7.03. The fourth-order valence-electron chi connectivity index (χ4n) is 3.79. The molecule has 3 aliphatic rings. The number of quaternary nitrogens is 1. The van der Waals surface area contributed by atoms with E-state index in [9.17, 15) is 5.11 Å². The van der Waals surface area contributed by atoms with Gasteiger partial charge in [-0.15, -0.1) is 0 Å². The van der Waals surface area contributed by atoms with E-state index in [0.29, 0.717) is 5.92 Å². The summed E-state index contributed by atoms with van der Waals surface area (Å²) in [6, 6.07) is 1.64. The van der Waals surface area contributed by atoms with Crippen LogP contribution < -0.4 is 0 Å². The summed E-state index contributed by atoms with van der Waals surface area (Å²) in [5, 5.41) is 9.70. The van der Waals surface area contributed by atoms with Crippen molar-refractivity contribution in [3.63, 3.8) is 0 Å². The maximum absolute atomic E-state index is 9.70. The van der Waals surface area contributed by atoms with Crippen LogP contribution in [-0.4, -0.2) is 41.4 Å². The Bertz CT molecular complexity index is 198. The van der Waals surface area contributed by atoms with Crippen molar-refractivity contribution in [3.05, 3.63) is 0 Å². The van der Waals surface area contributed by atoms with Crippen LogP contribution in [0.4, 0.5) is 0 Å². The second-order valence-corrected chi connectivity index (χ2v) is 4.79. The minimum atomic E-state index is 0.0486. The molecule has 2 nitrogen and oxygen atoms in total. The number of hydrogen-bond acceptors (Lipinski definition) is 1. The first-order valence-electron chi connectivity index (χ1n) is 4.75. The lowest BCUT2D eigenvalue weighted by atomic mass is 9.76. The first kappa shape index (κ1) is 6.44. The fraction of sp³-hybridized carbons (Fsp3) is 1.00. The maximum atomic E-state index is 9.70. The number of rotatable bonds is 0. The summed E-state index contributed by atoms with van der Waals surface area (Å²) in [4.78, 5) is 0. The standard InChI is InChI=1S/C9H16NO/c1-10-5-7-8(10)3-2-6(10)4-9(7)11/h6-9,11H,2-5H2,1H3/q+1/t6-,7+,8+,9+,10?/m1/s1. The van der Waals surface area contributed by atoms with Crippen LogP contribution in [-0.2, 0) is 0 Å².